The molecule has 1 atom stereocenters. The van der Waals surface area contributed by atoms with E-state index in [1.165, 1.54) is 18.4 Å². The maximum Gasteiger partial charge on any atom is 0.0914 e. The zero-order valence-electron chi connectivity index (χ0n) is 5.70. The summed E-state index contributed by atoms with van der Waals surface area (Å²) in [6.07, 6.45) is 1.50. The van der Waals surface area contributed by atoms with Crippen LogP contribution < -0.4 is 5.11 Å². The van der Waals surface area contributed by atoms with E-state index in [0.717, 1.165) is 11.3 Å². The van der Waals surface area contributed by atoms with Crippen LogP contribution in [0.25, 0.3) is 0 Å². The van der Waals surface area contributed by atoms with Gasteiger partial charge in [0.25, 0.3) is 0 Å². The molecular weight excluding hydrogens is 184 g/mol. The quantitative estimate of drug-likeness (QED) is 0.650. The number of hydrogen-bond donors (Lipinski definition) is 0. The van der Waals surface area contributed by atoms with E-state index in [9.17, 15) is 14.1 Å². The molecule has 0 aromatic carbocycles. The molecule has 0 fully saturated rings. The van der Waals surface area contributed by atoms with Gasteiger partial charge in [-0.05, 0) is 12.1 Å². The van der Waals surface area contributed by atoms with Gasteiger partial charge in [-0.3, -0.25) is 4.21 Å². The number of thiophene rings is 1. The standard InChI is InChI=1S/C6H6O3S2/c1-11(9)5-3-2-4(10-5)6(7)8/h2-3H,1H3,(H,7,8)/p-1. The topological polar surface area (TPSA) is 57.2 Å². The molecule has 0 amide bonds. The van der Waals surface area contributed by atoms with Crippen LogP contribution in [0.1, 0.15) is 9.67 Å². The van der Waals surface area contributed by atoms with Gasteiger partial charge in [-0.2, -0.15) is 0 Å². The maximum absolute atomic E-state index is 10.8. The van der Waals surface area contributed by atoms with Crippen LogP contribution in [0.15, 0.2) is 16.3 Å². The van der Waals surface area contributed by atoms with Gasteiger partial charge in [0.05, 0.1) is 25.9 Å². The van der Waals surface area contributed by atoms with E-state index in [0.29, 0.717) is 4.21 Å². The van der Waals surface area contributed by atoms with E-state index in [2.05, 4.69) is 0 Å². The molecule has 0 aliphatic rings. The monoisotopic (exact) mass is 189 g/mol. The van der Waals surface area contributed by atoms with Crippen molar-refractivity contribution >= 4 is 28.1 Å². The third kappa shape index (κ3) is 1.87. The van der Waals surface area contributed by atoms with Crippen molar-refractivity contribution in [3.8, 4) is 0 Å². The largest absolute Gasteiger partial charge is 0.544 e. The number of rotatable bonds is 2. The van der Waals surface area contributed by atoms with Crippen molar-refractivity contribution in [2.75, 3.05) is 6.26 Å². The van der Waals surface area contributed by atoms with Crippen molar-refractivity contribution in [3.63, 3.8) is 0 Å². The Labute approximate surface area is 70.1 Å². The molecular formula is C6H5O3S2-. The zero-order chi connectivity index (χ0) is 8.43. The van der Waals surface area contributed by atoms with Crippen molar-refractivity contribution in [2.24, 2.45) is 0 Å². The minimum atomic E-state index is -1.22. The van der Waals surface area contributed by atoms with Crippen LogP contribution >= 0.6 is 11.3 Å². The molecule has 0 spiro atoms. The molecule has 0 saturated carbocycles. The number of aromatic carboxylic acids is 1. The Bertz CT molecular complexity index is 274. The molecule has 1 aromatic rings. The molecule has 0 N–H and O–H groups in total. The normalized spacial score (nSPS) is 12.8. The van der Waals surface area contributed by atoms with Gasteiger partial charge in [-0.15, -0.1) is 11.3 Å². The Morgan fingerprint density at radius 1 is 1.64 bits per heavy atom. The van der Waals surface area contributed by atoms with Gasteiger partial charge in [0.1, 0.15) is 0 Å². The van der Waals surface area contributed by atoms with E-state index in [1.54, 1.807) is 0 Å². The molecule has 1 rings (SSSR count). The molecule has 1 unspecified atom stereocenters. The summed E-state index contributed by atoms with van der Waals surface area (Å²) in [5, 5.41) is 10.2. The van der Waals surface area contributed by atoms with Gasteiger partial charge in [-0.1, -0.05) is 0 Å². The van der Waals surface area contributed by atoms with E-state index in [4.69, 9.17) is 0 Å². The van der Waals surface area contributed by atoms with Crippen molar-refractivity contribution in [3.05, 3.63) is 17.0 Å². The molecule has 11 heavy (non-hydrogen) atoms. The predicted octanol–water partition coefficient (Wildman–Crippen LogP) is -0.151. The van der Waals surface area contributed by atoms with Crippen LogP contribution in [0.3, 0.4) is 0 Å². The molecule has 60 valence electrons. The van der Waals surface area contributed by atoms with Crippen molar-refractivity contribution in [2.45, 2.75) is 4.21 Å². The average Bonchev–Trinajstić information content (AvgIpc) is 2.33. The summed E-state index contributed by atoms with van der Waals surface area (Å²) in [6.45, 7) is 0. The Morgan fingerprint density at radius 2 is 2.27 bits per heavy atom. The van der Waals surface area contributed by atoms with Gasteiger partial charge in [0.2, 0.25) is 0 Å². The van der Waals surface area contributed by atoms with Crippen molar-refractivity contribution in [1.29, 1.82) is 0 Å². The molecule has 0 bridgehead atoms. The predicted molar refractivity (Wildman–Crippen MR) is 41.0 cm³/mol. The third-order valence-corrected chi connectivity index (χ3v) is 3.58. The Kier molecular flexibility index (Phi) is 2.41. The summed E-state index contributed by atoms with van der Waals surface area (Å²) in [4.78, 5) is 10.4. The summed E-state index contributed by atoms with van der Waals surface area (Å²) in [6, 6.07) is 2.93. The van der Waals surface area contributed by atoms with Crippen LogP contribution in [0, 0.1) is 0 Å². The Balaban J connectivity index is 2.99. The highest BCUT2D eigenvalue weighted by Gasteiger charge is 2.02. The van der Waals surface area contributed by atoms with Gasteiger partial charge in [0.15, 0.2) is 0 Å². The van der Waals surface area contributed by atoms with Crippen LogP contribution in [0.4, 0.5) is 0 Å². The van der Waals surface area contributed by atoms with Gasteiger partial charge < -0.3 is 9.90 Å². The number of hydrogen-bond acceptors (Lipinski definition) is 4. The molecule has 0 saturated heterocycles. The fourth-order valence-corrected chi connectivity index (χ4v) is 2.16. The third-order valence-electron chi connectivity index (χ3n) is 1.07. The summed E-state index contributed by atoms with van der Waals surface area (Å²) in [5.74, 6) is -1.22. The lowest BCUT2D eigenvalue weighted by atomic mass is 10.5. The summed E-state index contributed by atoms with van der Waals surface area (Å²) < 4.78 is 11.3. The summed E-state index contributed by atoms with van der Waals surface area (Å²) in [7, 11) is -1.10. The number of carboxylic acid groups (broad SMARTS) is 1. The fourth-order valence-electron chi connectivity index (χ4n) is 0.584. The van der Waals surface area contributed by atoms with E-state index in [-0.39, 0.29) is 4.88 Å². The molecule has 3 nitrogen and oxygen atoms in total. The highest BCUT2D eigenvalue weighted by molar-refractivity contribution is 7.86. The first-order chi connectivity index (χ1) is 5.11. The van der Waals surface area contributed by atoms with E-state index in [1.807, 2.05) is 0 Å². The average molecular weight is 189 g/mol. The van der Waals surface area contributed by atoms with Crippen LogP contribution in [0.5, 0.6) is 0 Å². The highest BCUT2D eigenvalue weighted by Crippen LogP contribution is 2.18. The first kappa shape index (κ1) is 8.42. The summed E-state index contributed by atoms with van der Waals surface area (Å²) in [5.41, 5.74) is 0. The molecule has 5 heteroatoms. The van der Waals surface area contributed by atoms with Crippen molar-refractivity contribution < 1.29 is 14.1 Å². The lowest BCUT2D eigenvalue weighted by molar-refractivity contribution is -0.254. The number of carboxylic acids is 1. The first-order valence-corrected chi connectivity index (χ1v) is 5.13. The second kappa shape index (κ2) is 3.15. The van der Waals surface area contributed by atoms with Gasteiger partial charge in [-0.25, -0.2) is 0 Å². The second-order valence-corrected chi connectivity index (χ2v) is 4.55. The molecule has 0 aliphatic carbocycles. The fraction of sp³-hybridized carbons (Fsp3) is 0.167. The van der Waals surface area contributed by atoms with Crippen LogP contribution in [0.2, 0.25) is 0 Å². The van der Waals surface area contributed by atoms with Gasteiger partial charge >= 0.3 is 0 Å². The zero-order valence-corrected chi connectivity index (χ0v) is 7.33. The first-order valence-electron chi connectivity index (χ1n) is 2.76. The van der Waals surface area contributed by atoms with Crippen LogP contribution in [-0.2, 0) is 10.8 Å². The van der Waals surface area contributed by atoms with Crippen molar-refractivity contribution in [1.82, 2.24) is 0 Å². The van der Waals surface area contributed by atoms with E-state index >= 15 is 0 Å². The minimum Gasteiger partial charge on any atom is -0.544 e. The van der Waals surface area contributed by atoms with E-state index < -0.39 is 16.8 Å². The lowest BCUT2D eigenvalue weighted by Crippen LogP contribution is -2.20. The lowest BCUT2D eigenvalue weighted by Gasteiger charge is -1.93. The molecule has 1 aromatic heterocycles. The number of carbonyl (C=O) groups excluding carboxylic acids is 1. The smallest absolute Gasteiger partial charge is 0.0914 e. The SMILES string of the molecule is CS(=O)c1ccc(C(=O)[O-])s1. The highest BCUT2D eigenvalue weighted by atomic mass is 32.2. The van der Waals surface area contributed by atoms with Crippen LogP contribution in [-0.4, -0.2) is 16.4 Å². The number of carbonyl (C=O) groups is 1. The maximum atomic E-state index is 10.8. The van der Waals surface area contributed by atoms with Gasteiger partial charge in [0, 0.05) is 6.26 Å². The molecule has 1 heterocycles. The Morgan fingerprint density at radius 3 is 2.55 bits per heavy atom. The minimum absolute atomic E-state index is 0.121. The second-order valence-electron chi connectivity index (χ2n) is 1.86. The molecule has 0 aliphatic heterocycles. The molecule has 0 radical (unpaired) electrons. The Hall–Kier alpha value is -0.680. The summed E-state index contributed by atoms with van der Waals surface area (Å²) >= 11 is 0.987.